The molecule has 2 N–H and O–H groups in total. The van der Waals surface area contributed by atoms with Crippen LogP contribution in [0.3, 0.4) is 0 Å². The van der Waals surface area contributed by atoms with Gasteiger partial charge in [-0.05, 0) is 12.5 Å². The predicted octanol–water partition coefficient (Wildman–Crippen LogP) is 0.558. The number of carboxylic acids is 1. The lowest BCUT2D eigenvalue weighted by atomic mass is 10.2. The third kappa shape index (κ3) is 4.30. The van der Waals surface area contributed by atoms with E-state index in [0.29, 0.717) is 13.0 Å². The molecular formula is C10H14N2O5S. The lowest BCUT2D eigenvalue weighted by Crippen LogP contribution is -2.19. The number of rotatable bonds is 7. The highest BCUT2D eigenvalue weighted by molar-refractivity contribution is 7.92. The Morgan fingerprint density at radius 1 is 1.56 bits per heavy atom. The minimum atomic E-state index is -3.60. The molecule has 0 amide bonds. The summed E-state index contributed by atoms with van der Waals surface area (Å²) in [6.07, 6.45) is 2.78. The molecule has 8 heteroatoms. The maximum absolute atomic E-state index is 11.7. The van der Waals surface area contributed by atoms with Crippen molar-refractivity contribution < 1.29 is 23.1 Å². The minimum absolute atomic E-state index is 0.0394. The second-order valence-corrected chi connectivity index (χ2v) is 5.34. The van der Waals surface area contributed by atoms with Gasteiger partial charge in [0.2, 0.25) is 10.0 Å². The largest absolute Gasteiger partial charge is 0.478 e. The highest BCUT2D eigenvalue weighted by Crippen LogP contribution is 2.15. The highest BCUT2D eigenvalue weighted by Gasteiger charge is 2.15. The molecule has 0 aromatic carbocycles. The summed E-state index contributed by atoms with van der Waals surface area (Å²) in [5.41, 5.74) is -0.178. The van der Waals surface area contributed by atoms with Crippen LogP contribution in [0.5, 0.6) is 0 Å². The van der Waals surface area contributed by atoms with Gasteiger partial charge in [0, 0.05) is 19.9 Å². The quantitative estimate of drug-likeness (QED) is 0.704. The standard InChI is InChI=1S/C10H14N2O5S/c1-17-5-2-6-18(15,16)12-9-7-11-4-3-8(9)10(13)14/h3-4,7,12H,2,5-6H2,1H3,(H,13,14). The number of aromatic nitrogens is 1. The Labute approximate surface area is 105 Å². The van der Waals surface area contributed by atoms with Gasteiger partial charge in [-0.1, -0.05) is 0 Å². The summed E-state index contributed by atoms with van der Waals surface area (Å²) in [4.78, 5) is 14.6. The zero-order chi connectivity index (χ0) is 13.6. The minimum Gasteiger partial charge on any atom is -0.478 e. The third-order valence-corrected chi connectivity index (χ3v) is 3.44. The summed E-state index contributed by atoms with van der Waals surface area (Å²) in [5.74, 6) is -1.36. The van der Waals surface area contributed by atoms with Crippen molar-refractivity contribution in [3.63, 3.8) is 0 Å². The van der Waals surface area contributed by atoms with Gasteiger partial charge in [-0.2, -0.15) is 0 Å². The fourth-order valence-electron chi connectivity index (χ4n) is 1.27. The molecule has 18 heavy (non-hydrogen) atoms. The van der Waals surface area contributed by atoms with E-state index in [1.807, 2.05) is 0 Å². The Morgan fingerprint density at radius 3 is 2.89 bits per heavy atom. The Morgan fingerprint density at radius 2 is 2.28 bits per heavy atom. The van der Waals surface area contributed by atoms with Crippen molar-refractivity contribution in [3.8, 4) is 0 Å². The molecule has 0 spiro atoms. The van der Waals surface area contributed by atoms with Crippen molar-refractivity contribution in [2.75, 3.05) is 24.2 Å². The van der Waals surface area contributed by atoms with Crippen molar-refractivity contribution in [1.29, 1.82) is 0 Å². The van der Waals surface area contributed by atoms with Gasteiger partial charge in [-0.3, -0.25) is 9.71 Å². The normalized spacial score (nSPS) is 11.2. The fraction of sp³-hybridized carbons (Fsp3) is 0.400. The van der Waals surface area contributed by atoms with Gasteiger partial charge in [-0.15, -0.1) is 0 Å². The Kier molecular flexibility index (Phi) is 5.05. The first-order valence-corrected chi connectivity index (χ1v) is 6.78. The molecule has 0 bridgehead atoms. The zero-order valence-electron chi connectivity index (χ0n) is 9.79. The number of methoxy groups -OCH3 is 1. The summed E-state index contributed by atoms with van der Waals surface area (Å²) in [6.45, 7) is 0.319. The number of anilines is 1. The molecule has 0 saturated carbocycles. The van der Waals surface area contributed by atoms with E-state index >= 15 is 0 Å². The van der Waals surface area contributed by atoms with Crippen LogP contribution in [0.1, 0.15) is 16.8 Å². The average molecular weight is 274 g/mol. The zero-order valence-corrected chi connectivity index (χ0v) is 10.6. The number of nitrogens with zero attached hydrogens (tertiary/aromatic N) is 1. The molecule has 1 aromatic rings. The van der Waals surface area contributed by atoms with E-state index < -0.39 is 16.0 Å². The van der Waals surface area contributed by atoms with Crippen LogP contribution < -0.4 is 4.72 Å². The highest BCUT2D eigenvalue weighted by atomic mass is 32.2. The van der Waals surface area contributed by atoms with Crippen LogP contribution in [0.25, 0.3) is 0 Å². The van der Waals surface area contributed by atoms with Crippen LogP contribution in [-0.2, 0) is 14.8 Å². The van der Waals surface area contributed by atoms with E-state index in [1.165, 1.54) is 19.4 Å². The summed E-state index contributed by atoms with van der Waals surface area (Å²) in [6, 6.07) is 1.23. The first-order chi connectivity index (χ1) is 8.46. The van der Waals surface area contributed by atoms with Gasteiger partial charge in [0.25, 0.3) is 0 Å². The van der Waals surface area contributed by atoms with Crippen LogP contribution in [0.4, 0.5) is 5.69 Å². The van der Waals surface area contributed by atoms with Crippen LogP contribution in [0.15, 0.2) is 18.5 Å². The molecule has 100 valence electrons. The van der Waals surface area contributed by atoms with E-state index in [9.17, 15) is 13.2 Å². The molecular weight excluding hydrogens is 260 g/mol. The smallest absolute Gasteiger partial charge is 0.337 e. The summed E-state index contributed by atoms with van der Waals surface area (Å²) < 4.78 is 30.3. The van der Waals surface area contributed by atoms with Crippen LogP contribution in [0.2, 0.25) is 0 Å². The van der Waals surface area contributed by atoms with E-state index in [0.717, 1.165) is 6.20 Å². The lowest BCUT2D eigenvalue weighted by molar-refractivity contribution is 0.0698. The summed E-state index contributed by atoms with van der Waals surface area (Å²) in [5, 5.41) is 8.89. The monoisotopic (exact) mass is 274 g/mol. The van der Waals surface area contributed by atoms with Crippen molar-refractivity contribution in [1.82, 2.24) is 4.98 Å². The number of sulfonamides is 1. The summed E-state index contributed by atoms with van der Waals surface area (Å²) in [7, 11) is -2.12. The molecule has 0 aliphatic heterocycles. The molecule has 7 nitrogen and oxygen atoms in total. The number of hydrogen-bond acceptors (Lipinski definition) is 5. The number of aromatic carboxylic acids is 1. The second kappa shape index (κ2) is 6.31. The van der Waals surface area contributed by atoms with E-state index in [2.05, 4.69) is 9.71 Å². The molecule has 0 atom stereocenters. The first kappa shape index (κ1) is 14.4. The van der Waals surface area contributed by atoms with Crippen molar-refractivity contribution in [2.24, 2.45) is 0 Å². The van der Waals surface area contributed by atoms with Gasteiger partial charge in [0.05, 0.1) is 23.2 Å². The molecule has 1 heterocycles. The maximum atomic E-state index is 11.7. The number of nitrogens with one attached hydrogen (secondary N) is 1. The Balaban J connectivity index is 2.81. The molecule has 0 aliphatic carbocycles. The molecule has 0 saturated heterocycles. The fourth-order valence-corrected chi connectivity index (χ4v) is 2.37. The van der Waals surface area contributed by atoms with Crippen LogP contribution in [-0.4, -0.2) is 43.9 Å². The van der Waals surface area contributed by atoms with Crippen LogP contribution in [0, 0.1) is 0 Å². The van der Waals surface area contributed by atoms with Gasteiger partial charge in [-0.25, -0.2) is 13.2 Å². The van der Waals surface area contributed by atoms with Gasteiger partial charge in [0.15, 0.2) is 0 Å². The predicted molar refractivity (Wildman–Crippen MR) is 65.1 cm³/mol. The SMILES string of the molecule is COCCCS(=O)(=O)Nc1cnccc1C(=O)O. The lowest BCUT2D eigenvalue weighted by Gasteiger charge is -2.09. The van der Waals surface area contributed by atoms with Gasteiger partial charge in [0.1, 0.15) is 0 Å². The second-order valence-electron chi connectivity index (χ2n) is 3.49. The van der Waals surface area contributed by atoms with Crippen molar-refractivity contribution in [3.05, 3.63) is 24.0 Å². The molecule has 0 unspecified atom stereocenters. The number of carboxylic acid groups (broad SMARTS) is 1. The topological polar surface area (TPSA) is 106 Å². The average Bonchev–Trinajstić information content (AvgIpc) is 2.29. The Bertz CT molecular complexity index is 515. The molecule has 1 rings (SSSR count). The van der Waals surface area contributed by atoms with Crippen molar-refractivity contribution >= 4 is 21.7 Å². The first-order valence-electron chi connectivity index (χ1n) is 5.13. The molecule has 0 radical (unpaired) electrons. The van der Waals surface area contributed by atoms with E-state index in [4.69, 9.17) is 9.84 Å². The maximum Gasteiger partial charge on any atom is 0.337 e. The van der Waals surface area contributed by atoms with E-state index in [-0.39, 0.29) is 17.0 Å². The van der Waals surface area contributed by atoms with Crippen molar-refractivity contribution in [2.45, 2.75) is 6.42 Å². The van der Waals surface area contributed by atoms with Crippen LogP contribution >= 0.6 is 0 Å². The number of ether oxygens (including phenoxy) is 1. The van der Waals surface area contributed by atoms with Gasteiger partial charge < -0.3 is 9.84 Å². The number of carbonyl (C=O) groups is 1. The third-order valence-electron chi connectivity index (χ3n) is 2.08. The van der Waals surface area contributed by atoms with Gasteiger partial charge >= 0.3 is 5.97 Å². The summed E-state index contributed by atoms with van der Waals surface area (Å²) >= 11 is 0. The molecule has 1 aromatic heterocycles. The molecule has 0 aliphatic rings. The van der Waals surface area contributed by atoms with E-state index in [1.54, 1.807) is 0 Å². The Hall–Kier alpha value is -1.67. The number of pyridine rings is 1. The molecule has 0 fully saturated rings. The number of hydrogen-bond donors (Lipinski definition) is 2.